The largest absolute Gasteiger partial charge is 0.355 e. The molecule has 1 rings (SSSR count). The Morgan fingerprint density at radius 2 is 2.45 bits per heavy atom. The Balaban J connectivity index is 2.01. The summed E-state index contributed by atoms with van der Waals surface area (Å²) in [5.74, 6) is 0.171. The van der Waals surface area contributed by atoms with Crippen molar-refractivity contribution in [3.8, 4) is 0 Å². The Morgan fingerprint density at radius 1 is 1.73 bits per heavy atom. The molecule has 0 aromatic carbocycles. The highest BCUT2D eigenvalue weighted by Gasteiger charge is 2.23. The van der Waals surface area contributed by atoms with Crippen LogP contribution < -0.4 is 10.6 Å². The van der Waals surface area contributed by atoms with Gasteiger partial charge in [0, 0.05) is 6.54 Å². The maximum absolute atomic E-state index is 11.1. The van der Waals surface area contributed by atoms with Crippen LogP contribution in [0, 0.1) is 0 Å². The summed E-state index contributed by atoms with van der Waals surface area (Å²) in [6, 6.07) is 0.104. The van der Waals surface area contributed by atoms with Crippen LogP contribution in [0.25, 0.3) is 0 Å². The molecule has 1 heterocycles. The summed E-state index contributed by atoms with van der Waals surface area (Å²) in [7, 11) is 0. The molecule has 1 unspecified atom stereocenters. The van der Waals surface area contributed by atoms with Gasteiger partial charge in [-0.2, -0.15) is 0 Å². The van der Waals surface area contributed by atoms with E-state index in [4.69, 9.17) is 0 Å². The maximum Gasteiger partial charge on any atom is 0.237 e. The molecule has 0 spiro atoms. The number of rotatable bonds is 4. The summed E-state index contributed by atoms with van der Waals surface area (Å²) in [5.41, 5.74) is 0. The SMILES string of the molecule is CCCCNC(=O)C1CCN1. The van der Waals surface area contributed by atoms with Crippen LogP contribution in [0.2, 0.25) is 0 Å². The van der Waals surface area contributed by atoms with E-state index in [0.717, 1.165) is 32.4 Å². The zero-order chi connectivity index (χ0) is 8.10. The fraction of sp³-hybridized carbons (Fsp3) is 0.875. The first-order valence-corrected chi connectivity index (χ1v) is 4.35. The predicted molar refractivity (Wildman–Crippen MR) is 44.3 cm³/mol. The van der Waals surface area contributed by atoms with Crippen LogP contribution in [0.15, 0.2) is 0 Å². The van der Waals surface area contributed by atoms with E-state index in [1.807, 2.05) is 0 Å². The van der Waals surface area contributed by atoms with Crippen molar-refractivity contribution in [1.29, 1.82) is 0 Å². The number of unbranched alkanes of at least 4 members (excludes halogenated alkanes) is 1. The monoisotopic (exact) mass is 156 g/mol. The minimum Gasteiger partial charge on any atom is -0.355 e. The summed E-state index contributed by atoms with van der Waals surface area (Å²) < 4.78 is 0. The Kier molecular flexibility index (Phi) is 3.36. The fourth-order valence-corrected chi connectivity index (χ4v) is 1.02. The average Bonchev–Trinajstić information content (AvgIpc) is 1.84. The predicted octanol–water partition coefficient (Wildman–Crippen LogP) is 0.265. The number of amides is 1. The lowest BCUT2D eigenvalue weighted by Crippen LogP contribution is -2.53. The first kappa shape index (κ1) is 8.53. The van der Waals surface area contributed by atoms with Crippen molar-refractivity contribution >= 4 is 5.91 Å². The maximum atomic E-state index is 11.1. The third-order valence-electron chi connectivity index (χ3n) is 1.97. The van der Waals surface area contributed by atoms with Gasteiger partial charge in [-0.05, 0) is 19.4 Å². The number of nitrogens with one attached hydrogen (secondary N) is 2. The summed E-state index contributed by atoms with van der Waals surface area (Å²) in [6.45, 7) is 3.94. The molecule has 0 aliphatic carbocycles. The highest BCUT2D eigenvalue weighted by molar-refractivity contribution is 5.82. The summed E-state index contributed by atoms with van der Waals surface area (Å²) in [4.78, 5) is 11.1. The highest BCUT2D eigenvalue weighted by atomic mass is 16.2. The number of hydrogen-bond acceptors (Lipinski definition) is 2. The molecule has 1 amide bonds. The van der Waals surface area contributed by atoms with E-state index in [1.165, 1.54) is 0 Å². The Morgan fingerprint density at radius 3 is 2.91 bits per heavy atom. The smallest absolute Gasteiger partial charge is 0.237 e. The van der Waals surface area contributed by atoms with Crippen molar-refractivity contribution in [3.63, 3.8) is 0 Å². The van der Waals surface area contributed by atoms with Crippen LogP contribution in [0.3, 0.4) is 0 Å². The molecule has 1 atom stereocenters. The number of carbonyl (C=O) groups excluding carboxylic acids is 1. The lowest BCUT2D eigenvalue weighted by molar-refractivity contribution is -0.124. The van der Waals surface area contributed by atoms with Crippen molar-refractivity contribution in [2.45, 2.75) is 32.2 Å². The molecular formula is C8H16N2O. The number of hydrogen-bond donors (Lipinski definition) is 2. The van der Waals surface area contributed by atoms with Crippen molar-refractivity contribution in [1.82, 2.24) is 10.6 Å². The van der Waals surface area contributed by atoms with E-state index in [9.17, 15) is 4.79 Å². The topological polar surface area (TPSA) is 41.1 Å². The van der Waals surface area contributed by atoms with Crippen LogP contribution in [-0.2, 0) is 4.79 Å². The third kappa shape index (κ3) is 2.50. The van der Waals surface area contributed by atoms with Gasteiger partial charge in [0.2, 0.25) is 5.91 Å². The van der Waals surface area contributed by atoms with Gasteiger partial charge < -0.3 is 10.6 Å². The molecule has 1 fully saturated rings. The molecule has 11 heavy (non-hydrogen) atoms. The fourth-order valence-electron chi connectivity index (χ4n) is 1.02. The Bertz CT molecular complexity index is 132. The molecule has 1 aliphatic rings. The molecular weight excluding hydrogens is 140 g/mol. The van der Waals surface area contributed by atoms with E-state index >= 15 is 0 Å². The third-order valence-corrected chi connectivity index (χ3v) is 1.97. The molecule has 64 valence electrons. The van der Waals surface area contributed by atoms with Crippen LogP contribution in [0.1, 0.15) is 26.2 Å². The summed E-state index contributed by atoms with van der Waals surface area (Å²) in [5, 5.41) is 5.94. The molecule has 0 bridgehead atoms. The van der Waals surface area contributed by atoms with E-state index in [1.54, 1.807) is 0 Å². The second-order valence-corrected chi connectivity index (χ2v) is 2.94. The highest BCUT2D eigenvalue weighted by Crippen LogP contribution is 2.00. The Hall–Kier alpha value is -0.570. The van der Waals surface area contributed by atoms with Crippen molar-refractivity contribution in [3.05, 3.63) is 0 Å². The average molecular weight is 156 g/mol. The van der Waals surface area contributed by atoms with Gasteiger partial charge in [0.1, 0.15) is 0 Å². The lowest BCUT2D eigenvalue weighted by atomic mass is 10.1. The van der Waals surface area contributed by atoms with Gasteiger partial charge in [-0.25, -0.2) is 0 Å². The van der Waals surface area contributed by atoms with Gasteiger partial charge in [-0.1, -0.05) is 13.3 Å². The van der Waals surface area contributed by atoms with Crippen molar-refractivity contribution in [2.75, 3.05) is 13.1 Å². The molecule has 1 saturated heterocycles. The zero-order valence-corrected chi connectivity index (χ0v) is 7.02. The van der Waals surface area contributed by atoms with Gasteiger partial charge in [0.05, 0.1) is 6.04 Å². The van der Waals surface area contributed by atoms with Gasteiger partial charge in [-0.15, -0.1) is 0 Å². The molecule has 3 heteroatoms. The second kappa shape index (κ2) is 4.34. The lowest BCUT2D eigenvalue weighted by Gasteiger charge is -2.26. The molecule has 3 nitrogen and oxygen atoms in total. The quantitative estimate of drug-likeness (QED) is 0.573. The molecule has 0 aromatic heterocycles. The first-order chi connectivity index (χ1) is 5.34. The standard InChI is InChI=1S/C8H16N2O/c1-2-3-5-10-8(11)7-4-6-9-7/h7,9H,2-6H2,1H3,(H,10,11). The minimum absolute atomic E-state index is 0.104. The molecule has 0 aromatic rings. The summed E-state index contributed by atoms with van der Waals surface area (Å²) >= 11 is 0. The zero-order valence-electron chi connectivity index (χ0n) is 7.02. The van der Waals surface area contributed by atoms with Crippen molar-refractivity contribution < 1.29 is 4.79 Å². The van der Waals surface area contributed by atoms with E-state index in [0.29, 0.717) is 0 Å². The second-order valence-electron chi connectivity index (χ2n) is 2.94. The first-order valence-electron chi connectivity index (χ1n) is 4.35. The minimum atomic E-state index is 0.104. The molecule has 2 N–H and O–H groups in total. The van der Waals surface area contributed by atoms with E-state index in [-0.39, 0.29) is 11.9 Å². The van der Waals surface area contributed by atoms with Gasteiger partial charge in [0.15, 0.2) is 0 Å². The van der Waals surface area contributed by atoms with Crippen LogP contribution in [0.5, 0.6) is 0 Å². The molecule has 0 saturated carbocycles. The molecule has 0 radical (unpaired) electrons. The Labute approximate surface area is 67.5 Å². The van der Waals surface area contributed by atoms with Gasteiger partial charge >= 0.3 is 0 Å². The van der Waals surface area contributed by atoms with E-state index in [2.05, 4.69) is 17.6 Å². The van der Waals surface area contributed by atoms with Gasteiger partial charge in [0.25, 0.3) is 0 Å². The van der Waals surface area contributed by atoms with Gasteiger partial charge in [-0.3, -0.25) is 4.79 Å². The van der Waals surface area contributed by atoms with Crippen molar-refractivity contribution in [2.24, 2.45) is 0 Å². The molecule has 1 aliphatic heterocycles. The van der Waals surface area contributed by atoms with E-state index < -0.39 is 0 Å². The van der Waals surface area contributed by atoms with Crippen LogP contribution in [-0.4, -0.2) is 25.0 Å². The number of carbonyl (C=O) groups is 1. The van der Waals surface area contributed by atoms with Crippen LogP contribution in [0.4, 0.5) is 0 Å². The summed E-state index contributed by atoms with van der Waals surface area (Å²) in [6.07, 6.45) is 3.22. The normalized spacial score (nSPS) is 22.5. The van der Waals surface area contributed by atoms with Crippen LogP contribution >= 0.6 is 0 Å².